The van der Waals surface area contributed by atoms with Gasteiger partial charge in [0.05, 0.1) is 0 Å². The SMILES string of the molecule is Cc1c2c(c3ccccc3c1O)OC(C)(CCC[C@H](C)CCC[C@H](C)CCCC(C)C)C=C2. The molecule has 1 aliphatic heterocycles. The van der Waals surface area contributed by atoms with Crippen LogP contribution >= 0.6 is 0 Å². The maximum absolute atomic E-state index is 10.6. The van der Waals surface area contributed by atoms with Crippen molar-refractivity contribution in [3.63, 3.8) is 0 Å². The van der Waals surface area contributed by atoms with Gasteiger partial charge in [0.25, 0.3) is 0 Å². The van der Waals surface area contributed by atoms with Crippen LogP contribution in [0.15, 0.2) is 30.3 Å². The van der Waals surface area contributed by atoms with Gasteiger partial charge in [0.1, 0.15) is 17.1 Å². The van der Waals surface area contributed by atoms with Gasteiger partial charge < -0.3 is 9.84 Å². The molecular weight excluding hydrogens is 404 g/mol. The Balaban J connectivity index is 1.48. The average Bonchev–Trinajstić information content (AvgIpc) is 2.77. The van der Waals surface area contributed by atoms with Crippen molar-refractivity contribution < 1.29 is 9.84 Å². The van der Waals surface area contributed by atoms with E-state index in [1.807, 2.05) is 25.1 Å². The number of aromatic hydroxyl groups is 1. The highest BCUT2D eigenvalue weighted by atomic mass is 16.5. The highest BCUT2D eigenvalue weighted by molar-refractivity contribution is 5.98. The van der Waals surface area contributed by atoms with Gasteiger partial charge in [0.2, 0.25) is 0 Å². The molecule has 3 atom stereocenters. The second kappa shape index (κ2) is 11.4. The van der Waals surface area contributed by atoms with E-state index in [1.54, 1.807) is 0 Å². The van der Waals surface area contributed by atoms with Crippen LogP contribution < -0.4 is 4.74 Å². The number of rotatable bonds is 12. The van der Waals surface area contributed by atoms with Crippen LogP contribution in [-0.4, -0.2) is 10.7 Å². The van der Waals surface area contributed by atoms with Crippen LogP contribution in [0.1, 0.15) is 104 Å². The molecule has 2 aromatic carbocycles. The van der Waals surface area contributed by atoms with Gasteiger partial charge in [-0.3, -0.25) is 0 Å². The molecule has 0 saturated heterocycles. The predicted molar refractivity (Wildman–Crippen MR) is 143 cm³/mol. The summed E-state index contributed by atoms with van der Waals surface area (Å²) in [5, 5.41) is 12.5. The lowest BCUT2D eigenvalue weighted by Crippen LogP contribution is -2.32. The third-order valence-corrected chi connectivity index (χ3v) is 7.61. The van der Waals surface area contributed by atoms with Gasteiger partial charge >= 0.3 is 0 Å². The molecule has 1 aliphatic rings. The molecule has 33 heavy (non-hydrogen) atoms. The Bertz CT molecular complexity index is 942. The monoisotopic (exact) mass is 450 g/mol. The Labute approximate surface area is 202 Å². The van der Waals surface area contributed by atoms with Gasteiger partial charge in [-0.1, -0.05) is 103 Å². The Morgan fingerprint density at radius 2 is 1.42 bits per heavy atom. The van der Waals surface area contributed by atoms with E-state index in [-0.39, 0.29) is 5.60 Å². The molecule has 0 spiro atoms. The first-order valence-corrected chi connectivity index (χ1v) is 13.3. The minimum absolute atomic E-state index is 0.288. The largest absolute Gasteiger partial charge is 0.507 e. The molecule has 0 aromatic heterocycles. The normalized spacial score (nSPS) is 19.5. The quantitative estimate of drug-likeness (QED) is 0.349. The molecule has 3 rings (SSSR count). The molecule has 182 valence electrons. The predicted octanol–water partition coefficient (Wildman–Crippen LogP) is 9.46. The van der Waals surface area contributed by atoms with E-state index in [9.17, 15) is 5.11 Å². The first-order chi connectivity index (χ1) is 15.7. The minimum Gasteiger partial charge on any atom is -0.507 e. The first kappa shape index (κ1) is 25.7. The molecule has 2 aromatic rings. The summed E-state index contributed by atoms with van der Waals surface area (Å²) in [4.78, 5) is 0. The van der Waals surface area contributed by atoms with Crippen LogP contribution in [0.25, 0.3) is 16.8 Å². The zero-order chi connectivity index (χ0) is 24.0. The maximum Gasteiger partial charge on any atom is 0.136 e. The second-order valence-corrected chi connectivity index (χ2v) is 11.4. The maximum atomic E-state index is 10.6. The molecular formula is C31H46O2. The molecule has 0 amide bonds. The molecule has 1 N–H and O–H groups in total. The van der Waals surface area contributed by atoms with Crippen LogP contribution in [0.4, 0.5) is 0 Å². The summed E-state index contributed by atoms with van der Waals surface area (Å²) in [6.07, 6.45) is 16.0. The van der Waals surface area contributed by atoms with Crippen molar-refractivity contribution in [2.24, 2.45) is 17.8 Å². The van der Waals surface area contributed by atoms with E-state index >= 15 is 0 Å². The number of benzene rings is 2. The van der Waals surface area contributed by atoms with Crippen molar-refractivity contribution >= 4 is 16.8 Å². The van der Waals surface area contributed by atoms with Crippen molar-refractivity contribution in [1.29, 1.82) is 0 Å². The van der Waals surface area contributed by atoms with E-state index in [0.717, 1.165) is 51.8 Å². The lowest BCUT2D eigenvalue weighted by atomic mass is 9.88. The van der Waals surface area contributed by atoms with Crippen molar-refractivity contribution in [1.82, 2.24) is 0 Å². The summed E-state index contributed by atoms with van der Waals surface area (Å²) in [5.74, 6) is 3.77. The zero-order valence-electron chi connectivity index (χ0n) is 21.9. The number of phenols is 1. The third-order valence-electron chi connectivity index (χ3n) is 7.61. The highest BCUT2D eigenvalue weighted by Gasteiger charge is 2.30. The molecule has 2 nitrogen and oxygen atoms in total. The van der Waals surface area contributed by atoms with Crippen LogP contribution in [0.5, 0.6) is 11.5 Å². The summed E-state index contributed by atoms with van der Waals surface area (Å²) in [5.41, 5.74) is 1.62. The fourth-order valence-corrected chi connectivity index (χ4v) is 5.28. The summed E-state index contributed by atoms with van der Waals surface area (Å²) in [6, 6.07) is 8.02. The smallest absolute Gasteiger partial charge is 0.136 e. The average molecular weight is 451 g/mol. The molecule has 0 saturated carbocycles. The Hall–Kier alpha value is -1.96. The number of fused-ring (bicyclic) bond motifs is 3. The van der Waals surface area contributed by atoms with E-state index in [2.05, 4.69) is 52.8 Å². The van der Waals surface area contributed by atoms with Gasteiger partial charge in [-0.15, -0.1) is 0 Å². The second-order valence-electron chi connectivity index (χ2n) is 11.4. The van der Waals surface area contributed by atoms with Gasteiger partial charge in [0, 0.05) is 21.9 Å². The summed E-state index contributed by atoms with van der Waals surface area (Å²) in [6.45, 7) is 13.7. The standard InChI is InChI=1S/C31H46O2/c1-22(2)12-9-13-23(3)14-10-15-24(4)16-11-20-31(6)21-19-26-25(5)29(32)27-17-7-8-18-28(27)30(26)33-31/h7-8,17-19,21-24,32H,9-16,20H2,1-6H3/t23-,24-,31?/m1/s1. The van der Waals surface area contributed by atoms with Crippen molar-refractivity contribution in [2.45, 2.75) is 105 Å². The molecule has 0 fully saturated rings. The molecule has 0 bridgehead atoms. The Kier molecular flexibility index (Phi) is 8.90. The van der Waals surface area contributed by atoms with Gasteiger partial charge in [-0.2, -0.15) is 0 Å². The van der Waals surface area contributed by atoms with E-state index < -0.39 is 0 Å². The fourth-order valence-electron chi connectivity index (χ4n) is 5.28. The molecule has 0 aliphatic carbocycles. The number of phenolic OH excluding ortho intramolecular Hbond substituents is 1. The van der Waals surface area contributed by atoms with Crippen molar-refractivity contribution in [3.8, 4) is 11.5 Å². The fraction of sp³-hybridized carbons (Fsp3) is 0.613. The minimum atomic E-state index is -0.288. The van der Waals surface area contributed by atoms with Crippen molar-refractivity contribution in [3.05, 3.63) is 41.5 Å². The summed E-state index contributed by atoms with van der Waals surface area (Å²) < 4.78 is 6.62. The molecule has 0 radical (unpaired) electrons. The third kappa shape index (κ3) is 6.78. The highest BCUT2D eigenvalue weighted by Crippen LogP contribution is 2.45. The topological polar surface area (TPSA) is 29.5 Å². The van der Waals surface area contributed by atoms with Crippen LogP contribution in [0, 0.1) is 24.7 Å². The van der Waals surface area contributed by atoms with E-state index in [4.69, 9.17) is 4.74 Å². The van der Waals surface area contributed by atoms with E-state index in [0.29, 0.717) is 5.75 Å². The van der Waals surface area contributed by atoms with Crippen molar-refractivity contribution in [2.75, 3.05) is 0 Å². The summed E-state index contributed by atoms with van der Waals surface area (Å²) >= 11 is 0. The van der Waals surface area contributed by atoms with Gasteiger partial charge in [-0.25, -0.2) is 0 Å². The molecule has 1 heterocycles. The van der Waals surface area contributed by atoms with Gasteiger partial charge in [-0.05, 0) is 50.5 Å². The first-order valence-electron chi connectivity index (χ1n) is 13.3. The Morgan fingerprint density at radius 3 is 2.06 bits per heavy atom. The van der Waals surface area contributed by atoms with Crippen LogP contribution in [0.2, 0.25) is 0 Å². The molecule has 1 unspecified atom stereocenters. The number of ether oxygens (including phenoxy) is 1. The Morgan fingerprint density at radius 1 is 0.848 bits per heavy atom. The van der Waals surface area contributed by atoms with Crippen LogP contribution in [-0.2, 0) is 0 Å². The summed E-state index contributed by atoms with van der Waals surface area (Å²) in [7, 11) is 0. The lowest BCUT2D eigenvalue weighted by molar-refractivity contribution is 0.124. The van der Waals surface area contributed by atoms with Gasteiger partial charge in [0.15, 0.2) is 0 Å². The number of hydrogen-bond acceptors (Lipinski definition) is 2. The lowest BCUT2D eigenvalue weighted by Gasteiger charge is -2.33. The zero-order valence-corrected chi connectivity index (χ0v) is 21.9. The van der Waals surface area contributed by atoms with Crippen LogP contribution in [0.3, 0.4) is 0 Å². The number of hydrogen-bond donors (Lipinski definition) is 1. The van der Waals surface area contributed by atoms with E-state index in [1.165, 1.54) is 51.4 Å². The molecule has 2 heteroatoms.